The second kappa shape index (κ2) is 5.95. The van der Waals surface area contributed by atoms with E-state index in [2.05, 4.69) is 9.72 Å². The van der Waals surface area contributed by atoms with Crippen LogP contribution < -0.4 is 5.73 Å². The second-order valence-corrected chi connectivity index (χ2v) is 4.92. The van der Waals surface area contributed by atoms with Crippen molar-refractivity contribution in [3.63, 3.8) is 0 Å². The van der Waals surface area contributed by atoms with Crippen LogP contribution >= 0.6 is 11.6 Å². The third-order valence-electron chi connectivity index (χ3n) is 2.86. The van der Waals surface area contributed by atoms with Crippen molar-refractivity contribution >= 4 is 28.5 Å². The number of esters is 1. The number of nitrogens with two attached hydrogens (primary N) is 1. The molecule has 0 unspecified atom stereocenters. The monoisotopic (exact) mass is 320 g/mol. The van der Waals surface area contributed by atoms with E-state index in [1.165, 1.54) is 0 Å². The highest BCUT2D eigenvalue weighted by Gasteiger charge is 2.31. The van der Waals surface area contributed by atoms with E-state index in [0.29, 0.717) is 16.0 Å². The summed E-state index contributed by atoms with van der Waals surface area (Å²) in [5.74, 6) is -1.10. The van der Waals surface area contributed by atoms with Crippen LogP contribution in [0.25, 0.3) is 10.9 Å². The first-order valence-electron chi connectivity index (χ1n) is 6.01. The molecule has 114 valence electrons. The Balaban J connectivity index is 2.08. The van der Waals surface area contributed by atoms with E-state index in [-0.39, 0.29) is 6.42 Å². The number of nitrogens with one attached hydrogen (secondary N) is 1. The zero-order valence-electron chi connectivity index (χ0n) is 10.7. The largest absolute Gasteiger partial charge is 0.455 e. The minimum Gasteiger partial charge on any atom is -0.455 e. The number of fused-ring (bicyclic) bond motifs is 1. The summed E-state index contributed by atoms with van der Waals surface area (Å²) in [6.07, 6.45) is -2.92. The van der Waals surface area contributed by atoms with Gasteiger partial charge in [-0.3, -0.25) is 4.79 Å². The standard InChI is InChI=1S/C13H12ClF3N2O2/c14-8-2-1-3-10-11(8)7(5-19-10)4-9(18)12(20)21-6-13(15,16)17/h1-3,5,9,19H,4,6,18H2/t9-/m0/s1. The summed E-state index contributed by atoms with van der Waals surface area (Å²) in [5, 5.41) is 1.16. The Morgan fingerprint density at radius 3 is 2.81 bits per heavy atom. The predicted molar refractivity (Wildman–Crippen MR) is 72.0 cm³/mol. The van der Waals surface area contributed by atoms with E-state index >= 15 is 0 Å². The molecule has 0 aliphatic heterocycles. The van der Waals surface area contributed by atoms with Gasteiger partial charge in [0, 0.05) is 23.5 Å². The fraction of sp³-hybridized carbons (Fsp3) is 0.308. The van der Waals surface area contributed by atoms with E-state index in [4.69, 9.17) is 17.3 Å². The van der Waals surface area contributed by atoms with Gasteiger partial charge in [0.15, 0.2) is 6.61 Å². The summed E-state index contributed by atoms with van der Waals surface area (Å²) in [5.41, 5.74) is 6.98. The van der Waals surface area contributed by atoms with Crippen molar-refractivity contribution in [1.29, 1.82) is 0 Å². The van der Waals surface area contributed by atoms with E-state index in [1.807, 2.05) is 0 Å². The van der Waals surface area contributed by atoms with Crippen LogP contribution in [0.15, 0.2) is 24.4 Å². The molecule has 8 heteroatoms. The Morgan fingerprint density at radius 2 is 2.14 bits per heavy atom. The molecular formula is C13H12ClF3N2O2. The molecule has 1 heterocycles. The average molecular weight is 321 g/mol. The van der Waals surface area contributed by atoms with Gasteiger partial charge in [-0.1, -0.05) is 17.7 Å². The first kappa shape index (κ1) is 15.7. The molecule has 1 aromatic heterocycles. The molecular weight excluding hydrogens is 309 g/mol. The van der Waals surface area contributed by atoms with Crippen LogP contribution in [0.2, 0.25) is 5.02 Å². The van der Waals surface area contributed by atoms with Gasteiger partial charge in [-0.25, -0.2) is 0 Å². The molecule has 0 saturated carbocycles. The number of hydrogen-bond donors (Lipinski definition) is 2. The van der Waals surface area contributed by atoms with Crippen molar-refractivity contribution in [2.45, 2.75) is 18.6 Å². The van der Waals surface area contributed by atoms with E-state index < -0.39 is 24.8 Å². The summed E-state index contributed by atoms with van der Waals surface area (Å²) in [4.78, 5) is 14.4. The quantitative estimate of drug-likeness (QED) is 0.851. The van der Waals surface area contributed by atoms with Crippen LogP contribution in [0.4, 0.5) is 13.2 Å². The number of H-pyrrole nitrogens is 1. The van der Waals surface area contributed by atoms with Gasteiger partial charge >= 0.3 is 12.1 Å². The molecule has 0 radical (unpaired) electrons. The van der Waals surface area contributed by atoms with Crippen molar-refractivity contribution in [3.8, 4) is 0 Å². The molecule has 0 bridgehead atoms. The Labute approximate surface area is 123 Å². The molecule has 21 heavy (non-hydrogen) atoms. The molecule has 2 rings (SSSR count). The third-order valence-corrected chi connectivity index (χ3v) is 3.17. The molecule has 0 aliphatic carbocycles. The average Bonchev–Trinajstić information content (AvgIpc) is 2.79. The molecule has 0 spiro atoms. The molecule has 3 N–H and O–H groups in total. The van der Waals surface area contributed by atoms with Crippen molar-refractivity contribution in [2.24, 2.45) is 5.73 Å². The number of benzene rings is 1. The number of rotatable bonds is 4. The lowest BCUT2D eigenvalue weighted by molar-refractivity contribution is -0.187. The molecule has 0 aliphatic rings. The number of carbonyl (C=O) groups excluding carboxylic acids is 1. The number of hydrogen-bond acceptors (Lipinski definition) is 3. The lowest BCUT2D eigenvalue weighted by Crippen LogP contribution is -2.36. The van der Waals surface area contributed by atoms with Crippen LogP contribution in [-0.4, -0.2) is 29.8 Å². The van der Waals surface area contributed by atoms with Gasteiger partial charge < -0.3 is 15.5 Å². The molecule has 2 aromatic rings. The highest BCUT2D eigenvalue weighted by Crippen LogP contribution is 2.27. The Morgan fingerprint density at radius 1 is 1.43 bits per heavy atom. The summed E-state index contributed by atoms with van der Waals surface area (Å²) in [7, 11) is 0. The van der Waals surface area contributed by atoms with Gasteiger partial charge in [-0.15, -0.1) is 0 Å². The zero-order chi connectivity index (χ0) is 15.6. The van der Waals surface area contributed by atoms with Gasteiger partial charge in [-0.2, -0.15) is 13.2 Å². The van der Waals surface area contributed by atoms with Crippen molar-refractivity contribution in [2.75, 3.05) is 6.61 Å². The fourth-order valence-corrected chi connectivity index (χ4v) is 2.24. The number of alkyl halides is 3. The number of aromatic nitrogens is 1. The first-order valence-corrected chi connectivity index (χ1v) is 6.39. The molecule has 1 atom stereocenters. The van der Waals surface area contributed by atoms with Gasteiger partial charge in [0.05, 0.1) is 5.02 Å². The van der Waals surface area contributed by atoms with Crippen LogP contribution in [0, 0.1) is 0 Å². The second-order valence-electron chi connectivity index (χ2n) is 4.51. The lowest BCUT2D eigenvalue weighted by Gasteiger charge is -2.12. The van der Waals surface area contributed by atoms with Gasteiger partial charge in [0.25, 0.3) is 0 Å². The highest BCUT2D eigenvalue weighted by molar-refractivity contribution is 6.35. The third kappa shape index (κ3) is 3.89. The molecule has 0 amide bonds. The topological polar surface area (TPSA) is 68.1 Å². The van der Waals surface area contributed by atoms with Gasteiger partial charge in [0.2, 0.25) is 0 Å². The first-order chi connectivity index (χ1) is 9.78. The maximum absolute atomic E-state index is 12.0. The summed E-state index contributed by atoms with van der Waals surface area (Å²) >= 11 is 6.06. The van der Waals surface area contributed by atoms with E-state index in [9.17, 15) is 18.0 Å². The highest BCUT2D eigenvalue weighted by atomic mass is 35.5. The maximum Gasteiger partial charge on any atom is 0.422 e. The Hall–Kier alpha value is -1.73. The lowest BCUT2D eigenvalue weighted by atomic mass is 10.1. The molecule has 0 saturated heterocycles. The number of halogens is 4. The van der Waals surface area contributed by atoms with Crippen LogP contribution in [-0.2, 0) is 16.0 Å². The van der Waals surface area contributed by atoms with Crippen LogP contribution in [0.1, 0.15) is 5.56 Å². The summed E-state index contributed by atoms with van der Waals surface area (Å²) in [6, 6.07) is 4.03. The number of carbonyl (C=O) groups is 1. The van der Waals surface area contributed by atoms with Gasteiger partial charge in [-0.05, 0) is 17.7 Å². The normalized spacial score (nSPS) is 13.4. The smallest absolute Gasteiger partial charge is 0.422 e. The Bertz CT molecular complexity index is 654. The SMILES string of the molecule is N[C@@H](Cc1c[nH]c2cccc(Cl)c12)C(=O)OCC(F)(F)F. The van der Waals surface area contributed by atoms with Gasteiger partial charge in [0.1, 0.15) is 6.04 Å². The summed E-state index contributed by atoms with van der Waals surface area (Å²) < 4.78 is 40.1. The van der Waals surface area contributed by atoms with Crippen LogP contribution in [0.3, 0.4) is 0 Å². The molecule has 4 nitrogen and oxygen atoms in total. The fourth-order valence-electron chi connectivity index (χ4n) is 1.95. The minimum absolute atomic E-state index is 0.0282. The zero-order valence-corrected chi connectivity index (χ0v) is 11.5. The predicted octanol–water partition coefficient (Wildman–Crippen LogP) is 2.80. The van der Waals surface area contributed by atoms with E-state index in [1.54, 1.807) is 24.4 Å². The van der Waals surface area contributed by atoms with Crippen molar-refractivity contribution in [1.82, 2.24) is 4.98 Å². The molecule has 0 fully saturated rings. The van der Waals surface area contributed by atoms with Crippen molar-refractivity contribution in [3.05, 3.63) is 35.0 Å². The number of aromatic amines is 1. The number of ether oxygens (including phenoxy) is 1. The minimum atomic E-state index is -4.57. The summed E-state index contributed by atoms with van der Waals surface area (Å²) in [6.45, 7) is -1.64. The van der Waals surface area contributed by atoms with Crippen molar-refractivity contribution < 1.29 is 22.7 Å². The molecule has 1 aromatic carbocycles. The van der Waals surface area contributed by atoms with Crippen LogP contribution in [0.5, 0.6) is 0 Å². The maximum atomic E-state index is 12.0. The Kier molecular flexibility index (Phi) is 4.43. The van der Waals surface area contributed by atoms with E-state index in [0.717, 1.165) is 5.52 Å².